The lowest BCUT2D eigenvalue weighted by Crippen LogP contribution is -2.39. The Bertz CT molecular complexity index is 1160. The molecule has 1 aliphatic heterocycles. The van der Waals surface area contributed by atoms with Crippen LogP contribution in [0.25, 0.3) is 10.9 Å². The molecule has 0 unspecified atom stereocenters. The van der Waals surface area contributed by atoms with Crippen molar-refractivity contribution in [2.24, 2.45) is 0 Å². The van der Waals surface area contributed by atoms with Crippen molar-refractivity contribution in [3.63, 3.8) is 0 Å². The Hall–Kier alpha value is -2.31. The first-order chi connectivity index (χ1) is 12.7. The molecule has 4 rings (SSSR count). The van der Waals surface area contributed by atoms with Crippen LogP contribution in [0.1, 0.15) is 19.4 Å². The van der Waals surface area contributed by atoms with Gasteiger partial charge >= 0.3 is 0 Å². The number of halogens is 1. The summed E-state index contributed by atoms with van der Waals surface area (Å²) in [5.41, 5.74) is 1.19. The Kier molecular flexibility index (Phi) is 4.09. The first-order valence-corrected chi connectivity index (χ1v) is 10.5. The number of anilines is 1. The van der Waals surface area contributed by atoms with Gasteiger partial charge in [-0.1, -0.05) is 47.5 Å². The maximum Gasteiger partial charge on any atom is 0.283 e. The summed E-state index contributed by atoms with van der Waals surface area (Å²) in [6.07, 6.45) is 4.14. The van der Waals surface area contributed by atoms with E-state index in [4.69, 9.17) is 11.6 Å². The second-order valence-corrected chi connectivity index (χ2v) is 9.46. The molecule has 1 aromatic heterocycles. The number of rotatable bonds is 3. The summed E-state index contributed by atoms with van der Waals surface area (Å²) in [7, 11) is -3.85. The van der Waals surface area contributed by atoms with Crippen LogP contribution in [0.15, 0.2) is 59.5 Å². The van der Waals surface area contributed by atoms with E-state index >= 15 is 0 Å². The predicted octanol–water partition coefficient (Wildman–Crippen LogP) is 4.39. The Morgan fingerprint density at radius 1 is 1.11 bits per heavy atom. The first-order valence-electron chi connectivity index (χ1n) is 8.67. The SMILES string of the molecule is Cc1ccc(S(=O)(=O)n2nc(N3CC=CC3(C)C)c3c(Cl)cccc32)cc1. The summed E-state index contributed by atoms with van der Waals surface area (Å²) in [4.78, 5) is 2.25. The highest BCUT2D eigenvalue weighted by atomic mass is 35.5. The quantitative estimate of drug-likeness (QED) is 0.611. The minimum absolute atomic E-state index is 0.197. The zero-order valence-electron chi connectivity index (χ0n) is 15.3. The van der Waals surface area contributed by atoms with E-state index in [1.165, 1.54) is 0 Å². The molecule has 1 aliphatic rings. The van der Waals surface area contributed by atoms with Gasteiger partial charge in [0, 0.05) is 6.54 Å². The van der Waals surface area contributed by atoms with Crippen molar-refractivity contribution in [1.82, 2.24) is 9.19 Å². The fourth-order valence-electron chi connectivity index (χ4n) is 3.40. The third-order valence-corrected chi connectivity index (χ3v) is 6.83. The van der Waals surface area contributed by atoms with Gasteiger partial charge in [-0.3, -0.25) is 0 Å². The summed E-state index contributed by atoms with van der Waals surface area (Å²) in [6.45, 7) is 6.69. The van der Waals surface area contributed by atoms with Crippen LogP contribution in [0, 0.1) is 6.92 Å². The van der Waals surface area contributed by atoms with Crippen molar-refractivity contribution in [3.05, 3.63) is 65.2 Å². The van der Waals surface area contributed by atoms with Crippen LogP contribution < -0.4 is 4.90 Å². The zero-order chi connectivity index (χ0) is 19.4. The highest BCUT2D eigenvalue weighted by molar-refractivity contribution is 7.90. The van der Waals surface area contributed by atoms with Gasteiger partial charge in [0.05, 0.1) is 26.4 Å². The molecule has 0 saturated carbocycles. The second kappa shape index (κ2) is 6.11. The highest BCUT2D eigenvalue weighted by Gasteiger charge is 2.33. The van der Waals surface area contributed by atoms with E-state index < -0.39 is 10.0 Å². The molecular formula is C20H20ClN3O2S. The number of fused-ring (bicyclic) bond motifs is 1. The van der Waals surface area contributed by atoms with Crippen LogP contribution >= 0.6 is 11.6 Å². The number of aromatic nitrogens is 2. The third-order valence-electron chi connectivity index (χ3n) is 4.92. The van der Waals surface area contributed by atoms with E-state index in [0.29, 0.717) is 28.3 Å². The Morgan fingerprint density at radius 2 is 1.81 bits per heavy atom. The maximum absolute atomic E-state index is 13.3. The minimum Gasteiger partial charge on any atom is -0.342 e. The van der Waals surface area contributed by atoms with E-state index in [0.717, 1.165) is 9.65 Å². The second-order valence-electron chi connectivity index (χ2n) is 7.29. The number of benzene rings is 2. The molecule has 5 nitrogen and oxygen atoms in total. The fraction of sp³-hybridized carbons (Fsp3) is 0.250. The number of nitrogens with zero attached hydrogens (tertiary/aromatic N) is 3. The molecule has 0 radical (unpaired) electrons. The molecule has 0 N–H and O–H groups in total. The standard InChI is InChI=1S/C20H20ClN3O2S/c1-14-8-10-15(11-9-14)27(25,26)24-17-7-4-6-16(21)18(17)19(22-24)23-13-5-12-20(23,2)3/h4-12H,13H2,1-3H3. The molecule has 0 atom stereocenters. The largest absolute Gasteiger partial charge is 0.342 e. The number of hydrogen-bond donors (Lipinski definition) is 0. The molecule has 0 amide bonds. The maximum atomic E-state index is 13.3. The van der Waals surface area contributed by atoms with Gasteiger partial charge in [0.15, 0.2) is 5.82 Å². The third kappa shape index (κ3) is 2.84. The summed E-state index contributed by atoms with van der Waals surface area (Å²) in [5, 5.41) is 5.66. The lowest BCUT2D eigenvalue weighted by Gasteiger charge is -2.31. The van der Waals surface area contributed by atoms with Crippen LogP contribution in [-0.2, 0) is 10.0 Å². The van der Waals surface area contributed by atoms with Crippen LogP contribution in [0.3, 0.4) is 0 Å². The van der Waals surface area contributed by atoms with Crippen molar-refractivity contribution in [2.75, 3.05) is 11.4 Å². The van der Waals surface area contributed by atoms with E-state index in [9.17, 15) is 8.42 Å². The Labute approximate surface area is 163 Å². The molecule has 2 heterocycles. The van der Waals surface area contributed by atoms with Gasteiger partial charge < -0.3 is 4.90 Å². The molecule has 2 aromatic carbocycles. The molecule has 0 fully saturated rings. The van der Waals surface area contributed by atoms with Crippen LogP contribution in [0.2, 0.25) is 5.02 Å². The molecule has 140 valence electrons. The molecule has 0 spiro atoms. The van der Waals surface area contributed by atoms with Crippen molar-refractivity contribution in [2.45, 2.75) is 31.2 Å². The van der Waals surface area contributed by atoms with E-state index in [-0.39, 0.29) is 10.4 Å². The van der Waals surface area contributed by atoms with Gasteiger partial charge in [-0.15, -0.1) is 5.10 Å². The van der Waals surface area contributed by atoms with Gasteiger partial charge in [-0.25, -0.2) is 0 Å². The Balaban J connectivity index is 1.98. The van der Waals surface area contributed by atoms with Gasteiger partial charge in [0.2, 0.25) is 0 Å². The van der Waals surface area contributed by atoms with Gasteiger partial charge in [-0.05, 0) is 45.0 Å². The van der Waals surface area contributed by atoms with Crippen molar-refractivity contribution < 1.29 is 8.42 Å². The molecule has 0 saturated heterocycles. The monoisotopic (exact) mass is 401 g/mol. The number of aryl methyl sites for hydroxylation is 1. The van der Waals surface area contributed by atoms with Crippen molar-refractivity contribution in [1.29, 1.82) is 0 Å². The lowest BCUT2D eigenvalue weighted by molar-refractivity contribution is 0.577. The van der Waals surface area contributed by atoms with E-state index in [2.05, 4.69) is 36.0 Å². The van der Waals surface area contributed by atoms with Gasteiger partial charge in [0.25, 0.3) is 10.0 Å². The summed E-state index contributed by atoms with van der Waals surface area (Å²) in [5.74, 6) is 0.571. The van der Waals surface area contributed by atoms with E-state index in [1.807, 2.05) is 6.92 Å². The van der Waals surface area contributed by atoms with Gasteiger partial charge in [0.1, 0.15) is 0 Å². The molecular weight excluding hydrogens is 382 g/mol. The minimum atomic E-state index is -3.85. The summed E-state index contributed by atoms with van der Waals surface area (Å²) >= 11 is 6.47. The zero-order valence-corrected chi connectivity index (χ0v) is 16.9. The van der Waals surface area contributed by atoms with Crippen LogP contribution in [0.4, 0.5) is 5.82 Å². The van der Waals surface area contributed by atoms with Crippen molar-refractivity contribution >= 4 is 38.3 Å². The normalized spacial score (nSPS) is 16.4. The predicted molar refractivity (Wildman–Crippen MR) is 109 cm³/mol. The average molecular weight is 402 g/mol. The van der Waals surface area contributed by atoms with Crippen molar-refractivity contribution in [3.8, 4) is 0 Å². The molecule has 3 aromatic rings. The first kappa shape index (κ1) is 18.1. The van der Waals surface area contributed by atoms with Gasteiger partial charge in [-0.2, -0.15) is 12.5 Å². The Morgan fingerprint density at radius 3 is 2.44 bits per heavy atom. The van der Waals surface area contributed by atoms with Crippen LogP contribution in [0.5, 0.6) is 0 Å². The summed E-state index contributed by atoms with van der Waals surface area (Å²) < 4.78 is 27.7. The molecule has 27 heavy (non-hydrogen) atoms. The average Bonchev–Trinajstić information content (AvgIpc) is 3.16. The van der Waals surface area contributed by atoms with E-state index in [1.54, 1.807) is 42.5 Å². The molecule has 7 heteroatoms. The number of hydrogen-bond acceptors (Lipinski definition) is 4. The highest BCUT2D eigenvalue weighted by Crippen LogP contribution is 2.38. The van der Waals surface area contributed by atoms with Crippen LogP contribution in [-0.4, -0.2) is 29.7 Å². The topological polar surface area (TPSA) is 55.2 Å². The smallest absolute Gasteiger partial charge is 0.283 e. The molecule has 0 aliphatic carbocycles. The lowest BCUT2D eigenvalue weighted by atomic mass is 10.1. The summed E-state index contributed by atoms with van der Waals surface area (Å²) in [6, 6.07) is 12.0. The fourth-order valence-corrected chi connectivity index (χ4v) is 4.93. The molecule has 0 bridgehead atoms.